The summed E-state index contributed by atoms with van der Waals surface area (Å²) in [5.41, 5.74) is 4.03. The summed E-state index contributed by atoms with van der Waals surface area (Å²) < 4.78 is 2.57. The van der Waals surface area contributed by atoms with E-state index < -0.39 is 0 Å². The Morgan fingerprint density at radius 1 is 1.55 bits per heavy atom. The molecule has 1 aromatic heterocycles. The number of halogens is 1. The van der Waals surface area contributed by atoms with Gasteiger partial charge < -0.3 is 4.90 Å². The number of aryl methyl sites for hydroxylation is 1. The maximum Gasteiger partial charge on any atom is 0.153 e. The first-order valence-electron chi connectivity index (χ1n) is 7.11. The van der Waals surface area contributed by atoms with Crippen molar-refractivity contribution in [3.8, 4) is 0 Å². The smallest absolute Gasteiger partial charge is 0.153 e. The summed E-state index contributed by atoms with van der Waals surface area (Å²) in [7, 11) is 6.19. The van der Waals surface area contributed by atoms with Crippen molar-refractivity contribution in [1.29, 1.82) is 0 Å². The van der Waals surface area contributed by atoms with Crippen LogP contribution in [0.5, 0.6) is 0 Å². The number of nitrogens with zero attached hydrogens (tertiary/aromatic N) is 4. The molecule has 1 aliphatic rings. The summed E-state index contributed by atoms with van der Waals surface area (Å²) in [4.78, 5) is 2.31. The summed E-state index contributed by atoms with van der Waals surface area (Å²) in [5, 5.41) is 8.20. The van der Waals surface area contributed by atoms with E-state index in [0.29, 0.717) is 5.92 Å². The Balaban J connectivity index is 2.45. The van der Waals surface area contributed by atoms with Crippen molar-refractivity contribution >= 4 is 15.9 Å². The Morgan fingerprint density at radius 3 is 2.70 bits per heavy atom. The summed E-state index contributed by atoms with van der Waals surface area (Å²) >= 11 is 3.51. The van der Waals surface area contributed by atoms with E-state index in [0.717, 1.165) is 23.1 Å². The second-order valence-electron chi connectivity index (χ2n) is 6.19. The molecule has 0 saturated heterocycles. The average Bonchev–Trinajstić information content (AvgIpc) is 2.71. The van der Waals surface area contributed by atoms with Crippen molar-refractivity contribution in [3.63, 3.8) is 0 Å². The third kappa shape index (κ3) is 2.64. The van der Waals surface area contributed by atoms with Crippen LogP contribution in [0.15, 0.2) is 4.60 Å². The first-order valence-corrected chi connectivity index (χ1v) is 7.90. The lowest BCUT2D eigenvalue weighted by Crippen LogP contribution is -2.57. The Bertz CT molecular complexity index is 440. The van der Waals surface area contributed by atoms with Gasteiger partial charge in [0, 0.05) is 12.6 Å². The molecular weight excluding hydrogens is 320 g/mol. The monoisotopic (exact) mass is 344 g/mol. The van der Waals surface area contributed by atoms with Crippen molar-refractivity contribution < 1.29 is 0 Å². The molecule has 1 heterocycles. The van der Waals surface area contributed by atoms with Gasteiger partial charge in [-0.2, -0.15) is 0 Å². The SMILES string of the molecule is CC1CCCC(C(NN)c2c(Br)nnn2C)(N(C)C)C1. The summed E-state index contributed by atoms with van der Waals surface area (Å²) in [6.45, 7) is 2.32. The number of hydrogen-bond donors (Lipinski definition) is 2. The van der Waals surface area contributed by atoms with E-state index in [1.165, 1.54) is 12.8 Å². The van der Waals surface area contributed by atoms with Gasteiger partial charge in [-0.25, -0.2) is 10.1 Å². The molecule has 0 aliphatic heterocycles. The second-order valence-corrected chi connectivity index (χ2v) is 6.94. The Hall–Kier alpha value is -0.500. The fourth-order valence-electron chi connectivity index (χ4n) is 3.62. The van der Waals surface area contributed by atoms with Crippen molar-refractivity contribution in [1.82, 2.24) is 25.3 Å². The van der Waals surface area contributed by atoms with Crippen LogP contribution in [0.4, 0.5) is 0 Å². The minimum absolute atomic E-state index is 0.00498. The number of aromatic nitrogens is 3. The highest BCUT2D eigenvalue weighted by atomic mass is 79.9. The van der Waals surface area contributed by atoms with Crippen LogP contribution < -0.4 is 11.3 Å². The van der Waals surface area contributed by atoms with E-state index in [9.17, 15) is 0 Å². The summed E-state index contributed by atoms with van der Waals surface area (Å²) in [6, 6.07) is -0.00498. The van der Waals surface area contributed by atoms with Crippen molar-refractivity contribution in [2.75, 3.05) is 14.1 Å². The highest BCUT2D eigenvalue weighted by Gasteiger charge is 2.46. The van der Waals surface area contributed by atoms with Crippen LogP contribution in [0.1, 0.15) is 44.3 Å². The minimum Gasteiger partial charge on any atom is -0.302 e. The van der Waals surface area contributed by atoms with Crippen LogP contribution in [-0.4, -0.2) is 39.5 Å². The van der Waals surface area contributed by atoms with Crippen LogP contribution in [0.2, 0.25) is 0 Å². The van der Waals surface area contributed by atoms with Gasteiger partial charge in [0.1, 0.15) is 0 Å². The zero-order valence-corrected chi connectivity index (χ0v) is 14.3. The van der Waals surface area contributed by atoms with Crippen LogP contribution in [0, 0.1) is 5.92 Å². The Kier molecular flexibility index (Phi) is 4.84. The first-order chi connectivity index (χ1) is 9.42. The largest absolute Gasteiger partial charge is 0.302 e. The zero-order chi connectivity index (χ0) is 14.9. The molecule has 0 bridgehead atoms. The standard InChI is InChI=1S/C13H25BrN6/c1-9-6-5-7-13(8-9,19(2)3)11(16-15)10-12(14)17-18-20(10)4/h9,11,16H,5-8,15H2,1-4H3. The van der Waals surface area contributed by atoms with Gasteiger partial charge in [-0.1, -0.05) is 25.0 Å². The van der Waals surface area contributed by atoms with Crippen LogP contribution in [-0.2, 0) is 7.05 Å². The van der Waals surface area contributed by atoms with Gasteiger partial charge in [0.05, 0.1) is 11.7 Å². The number of nitrogens with one attached hydrogen (secondary N) is 1. The molecule has 0 spiro atoms. The lowest BCUT2D eigenvalue weighted by atomic mass is 9.70. The van der Waals surface area contributed by atoms with Gasteiger partial charge >= 0.3 is 0 Å². The average molecular weight is 345 g/mol. The van der Waals surface area contributed by atoms with Gasteiger partial charge in [0.25, 0.3) is 0 Å². The van der Waals surface area contributed by atoms with Gasteiger partial charge in [-0.05, 0) is 48.8 Å². The fraction of sp³-hybridized carbons (Fsp3) is 0.846. The molecule has 3 N–H and O–H groups in total. The molecule has 1 aromatic rings. The molecule has 20 heavy (non-hydrogen) atoms. The number of rotatable bonds is 4. The van der Waals surface area contributed by atoms with Crippen LogP contribution in [0.3, 0.4) is 0 Å². The normalized spacial score (nSPS) is 28.9. The third-order valence-electron chi connectivity index (χ3n) is 4.70. The van der Waals surface area contributed by atoms with E-state index in [1.807, 2.05) is 7.05 Å². The maximum atomic E-state index is 5.93. The molecule has 0 aromatic carbocycles. The van der Waals surface area contributed by atoms with Gasteiger partial charge in [-0.15, -0.1) is 5.10 Å². The molecule has 0 amide bonds. The highest BCUT2D eigenvalue weighted by molar-refractivity contribution is 9.10. The van der Waals surface area contributed by atoms with E-state index >= 15 is 0 Å². The fourth-order valence-corrected chi connectivity index (χ4v) is 4.18. The van der Waals surface area contributed by atoms with Crippen molar-refractivity contribution in [2.45, 2.75) is 44.2 Å². The maximum absolute atomic E-state index is 5.93. The quantitative estimate of drug-likeness (QED) is 0.641. The third-order valence-corrected chi connectivity index (χ3v) is 5.27. The number of hydrogen-bond acceptors (Lipinski definition) is 5. The second kappa shape index (κ2) is 6.09. The minimum atomic E-state index is -0.00951. The van der Waals surface area contributed by atoms with Crippen molar-refractivity contribution in [3.05, 3.63) is 10.3 Å². The molecule has 3 atom stereocenters. The molecule has 0 radical (unpaired) electrons. The van der Waals surface area contributed by atoms with Crippen LogP contribution in [0.25, 0.3) is 0 Å². The molecule has 3 unspecified atom stereocenters. The zero-order valence-electron chi connectivity index (χ0n) is 12.7. The molecule has 1 fully saturated rings. The summed E-state index contributed by atoms with van der Waals surface area (Å²) in [6.07, 6.45) is 4.75. The molecule has 114 valence electrons. The molecular formula is C13H25BrN6. The molecule has 1 saturated carbocycles. The highest BCUT2D eigenvalue weighted by Crippen LogP contribution is 2.44. The van der Waals surface area contributed by atoms with Crippen LogP contribution >= 0.6 is 15.9 Å². The van der Waals surface area contributed by atoms with E-state index in [2.05, 4.69) is 57.6 Å². The van der Waals surface area contributed by atoms with Crippen molar-refractivity contribution in [2.24, 2.45) is 18.8 Å². The lowest BCUT2D eigenvalue weighted by Gasteiger charge is -2.49. The molecule has 2 rings (SSSR count). The Labute approximate surface area is 129 Å². The first kappa shape index (κ1) is 15.9. The number of nitrogens with two attached hydrogens (primary N) is 1. The molecule has 7 heteroatoms. The topological polar surface area (TPSA) is 72.0 Å². The number of hydrazine groups is 1. The lowest BCUT2D eigenvalue weighted by molar-refractivity contribution is 0.0337. The van der Waals surface area contributed by atoms with Gasteiger partial charge in [-0.3, -0.25) is 5.84 Å². The molecule has 6 nitrogen and oxygen atoms in total. The predicted octanol–water partition coefficient (Wildman–Crippen LogP) is 1.59. The summed E-state index contributed by atoms with van der Waals surface area (Å²) in [5.74, 6) is 6.63. The van der Waals surface area contributed by atoms with Gasteiger partial charge in [0.15, 0.2) is 4.60 Å². The molecule has 1 aliphatic carbocycles. The van der Waals surface area contributed by atoms with E-state index in [1.54, 1.807) is 4.68 Å². The number of likely N-dealkylation sites (N-methyl/N-ethyl adjacent to an activating group) is 1. The van der Waals surface area contributed by atoms with E-state index in [-0.39, 0.29) is 11.6 Å². The Morgan fingerprint density at radius 2 is 2.25 bits per heavy atom. The predicted molar refractivity (Wildman–Crippen MR) is 82.8 cm³/mol. The van der Waals surface area contributed by atoms with Gasteiger partial charge in [0.2, 0.25) is 0 Å². The van der Waals surface area contributed by atoms with E-state index in [4.69, 9.17) is 5.84 Å².